The molecule has 1 aromatic rings. The Morgan fingerprint density at radius 2 is 2.14 bits per heavy atom. The molecular weight excluding hydrogens is 339 g/mol. The van der Waals surface area contributed by atoms with E-state index in [-0.39, 0.29) is 18.0 Å². The number of carbonyl (C=O) groups excluding carboxylic acids is 1. The normalized spacial score (nSPS) is 15.8. The molecule has 1 aliphatic rings. The number of carbonyl (C=O) groups is 1. The molecule has 2 rings (SSSR count). The first-order valence-electron chi connectivity index (χ1n) is 6.90. The Bertz CT molecular complexity index is 525. The quantitative estimate of drug-likeness (QED) is 0.901. The Balaban J connectivity index is 1.76. The van der Waals surface area contributed by atoms with Crippen LogP contribution in [0.25, 0.3) is 0 Å². The molecule has 0 spiro atoms. The van der Waals surface area contributed by atoms with Crippen LogP contribution in [0.3, 0.4) is 0 Å². The summed E-state index contributed by atoms with van der Waals surface area (Å²) >= 11 is 3.33. The van der Waals surface area contributed by atoms with Crippen molar-refractivity contribution < 1.29 is 13.9 Å². The maximum atomic E-state index is 13.6. The van der Waals surface area contributed by atoms with Crippen molar-refractivity contribution in [3.8, 4) is 0 Å². The van der Waals surface area contributed by atoms with Crippen molar-refractivity contribution in [3.63, 3.8) is 0 Å². The predicted molar refractivity (Wildman–Crippen MR) is 82.5 cm³/mol. The zero-order chi connectivity index (χ0) is 15.6. The summed E-state index contributed by atoms with van der Waals surface area (Å²) < 4.78 is 19.7. The van der Waals surface area contributed by atoms with Crippen LogP contribution in [-0.2, 0) is 11.3 Å². The Kier molecular flexibility index (Phi) is 4.88. The van der Waals surface area contributed by atoms with Gasteiger partial charge in [0.15, 0.2) is 0 Å². The summed E-state index contributed by atoms with van der Waals surface area (Å²) in [7, 11) is 0. The van der Waals surface area contributed by atoms with Crippen LogP contribution in [0.5, 0.6) is 0 Å². The molecule has 1 aromatic carbocycles. The van der Waals surface area contributed by atoms with Crippen LogP contribution in [0.15, 0.2) is 22.7 Å². The summed E-state index contributed by atoms with van der Waals surface area (Å²) in [5, 5.41) is 3.24. The van der Waals surface area contributed by atoms with Gasteiger partial charge < -0.3 is 15.0 Å². The molecule has 0 aliphatic carbocycles. The summed E-state index contributed by atoms with van der Waals surface area (Å²) in [6.45, 7) is 7.15. The van der Waals surface area contributed by atoms with Crippen molar-refractivity contribution in [2.24, 2.45) is 0 Å². The van der Waals surface area contributed by atoms with E-state index in [2.05, 4.69) is 21.2 Å². The molecule has 0 bridgehead atoms. The molecule has 0 radical (unpaired) electrons. The molecule has 1 heterocycles. The van der Waals surface area contributed by atoms with Gasteiger partial charge in [-0.25, -0.2) is 9.18 Å². The monoisotopic (exact) mass is 358 g/mol. The van der Waals surface area contributed by atoms with Gasteiger partial charge in [-0.1, -0.05) is 15.9 Å². The lowest BCUT2D eigenvalue weighted by atomic mass is 10.1. The summed E-state index contributed by atoms with van der Waals surface area (Å²) in [6.07, 6.45) is -0.297. The van der Waals surface area contributed by atoms with E-state index < -0.39 is 5.60 Å². The maximum Gasteiger partial charge on any atom is 0.410 e. The van der Waals surface area contributed by atoms with Gasteiger partial charge in [-0.3, -0.25) is 0 Å². The number of hydrogen-bond donors (Lipinski definition) is 1. The highest BCUT2D eigenvalue weighted by atomic mass is 79.9. The van der Waals surface area contributed by atoms with Gasteiger partial charge in [0.1, 0.15) is 11.4 Å². The fraction of sp³-hybridized carbons (Fsp3) is 0.533. The van der Waals surface area contributed by atoms with E-state index in [4.69, 9.17) is 4.74 Å². The first kappa shape index (κ1) is 16.2. The minimum absolute atomic E-state index is 0.177. The lowest BCUT2D eigenvalue weighted by molar-refractivity contribution is 0.00515. The summed E-state index contributed by atoms with van der Waals surface area (Å²) in [5.74, 6) is -0.228. The molecule has 1 amide bonds. The number of hydrogen-bond acceptors (Lipinski definition) is 3. The number of benzene rings is 1. The van der Waals surface area contributed by atoms with E-state index in [1.54, 1.807) is 17.0 Å². The number of ether oxygens (including phenoxy) is 1. The molecule has 0 atom stereocenters. The summed E-state index contributed by atoms with van der Waals surface area (Å²) in [5.41, 5.74) is 0.134. The van der Waals surface area contributed by atoms with Gasteiger partial charge in [-0.15, -0.1) is 0 Å². The number of nitrogens with zero attached hydrogens (tertiary/aromatic N) is 1. The molecule has 1 aliphatic heterocycles. The molecule has 1 saturated heterocycles. The van der Waals surface area contributed by atoms with Crippen LogP contribution in [0.1, 0.15) is 26.3 Å². The molecule has 4 nitrogen and oxygen atoms in total. The van der Waals surface area contributed by atoms with Gasteiger partial charge >= 0.3 is 6.09 Å². The van der Waals surface area contributed by atoms with Crippen LogP contribution < -0.4 is 5.32 Å². The molecule has 1 N–H and O–H groups in total. The molecule has 0 aromatic heterocycles. The zero-order valence-electron chi connectivity index (χ0n) is 12.5. The van der Waals surface area contributed by atoms with Crippen molar-refractivity contribution in [2.75, 3.05) is 13.1 Å². The molecule has 6 heteroatoms. The van der Waals surface area contributed by atoms with Crippen molar-refractivity contribution in [2.45, 2.75) is 39.0 Å². The highest BCUT2D eigenvalue weighted by Crippen LogP contribution is 2.18. The lowest BCUT2D eigenvalue weighted by Gasteiger charge is -2.40. The Hall–Kier alpha value is -1.14. The van der Waals surface area contributed by atoms with E-state index >= 15 is 0 Å². The number of likely N-dealkylation sites (tertiary alicyclic amines) is 1. The number of nitrogens with one attached hydrogen (secondary N) is 1. The fourth-order valence-electron chi connectivity index (χ4n) is 2.02. The first-order chi connectivity index (χ1) is 9.74. The fourth-order valence-corrected chi connectivity index (χ4v) is 2.42. The zero-order valence-corrected chi connectivity index (χ0v) is 14.0. The smallest absolute Gasteiger partial charge is 0.410 e. The number of amides is 1. The molecule has 116 valence electrons. The van der Waals surface area contributed by atoms with Crippen LogP contribution in [0.4, 0.5) is 9.18 Å². The Morgan fingerprint density at radius 3 is 2.76 bits per heavy atom. The van der Waals surface area contributed by atoms with Crippen LogP contribution in [0.2, 0.25) is 0 Å². The van der Waals surface area contributed by atoms with Crippen molar-refractivity contribution in [3.05, 3.63) is 34.1 Å². The predicted octanol–water partition coefficient (Wildman–Crippen LogP) is 3.30. The van der Waals surface area contributed by atoms with Crippen LogP contribution in [0, 0.1) is 5.82 Å². The number of halogens is 2. The topological polar surface area (TPSA) is 41.6 Å². The van der Waals surface area contributed by atoms with Gasteiger partial charge in [-0.2, -0.15) is 0 Å². The third-order valence-corrected chi connectivity index (χ3v) is 3.62. The maximum absolute atomic E-state index is 13.6. The van der Waals surface area contributed by atoms with Crippen LogP contribution >= 0.6 is 15.9 Å². The molecule has 0 saturated carbocycles. The third-order valence-electron chi connectivity index (χ3n) is 3.12. The third kappa shape index (κ3) is 4.68. The van der Waals surface area contributed by atoms with Gasteiger partial charge in [0.05, 0.1) is 0 Å². The van der Waals surface area contributed by atoms with E-state index in [0.717, 1.165) is 4.47 Å². The second-order valence-electron chi connectivity index (χ2n) is 6.20. The average Bonchev–Trinajstić information content (AvgIpc) is 2.29. The summed E-state index contributed by atoms with van der Waals surface area (Å²) in [4.78, 5) is 13.4. The largest absolute Gasteiger partial charge is 0.444 e. The molecule has 21 heavy (non-hydrogen) atoms. The van der Waals surface area contributed by atoms with Gasteiger partial charge in [0.2, 0.25) is 0 Å². The minimum atomic E-state index is -0.477. The summed E-state index contributed by atoms with van der Waals surface area (Å²) in [6, 6.07) is 5.05. The van der Waals surface area contributed by atoms with E-state index in [1.165, 1.54) is 6.07 Å². The van der Waals surface area contributed by atoms with Gasteiger partial charge in [0, 0.05) is 35.7 Å². The van der Waals surface area contributed by atoms with E-state index in [1.807, 2.05) is 20.8 Å². The van der Waals surface area contributed by atoms with E-state index in [0.29, 0.717) is 25.2 Å². The second-order valence-corrected chi connectivity index (χ2v) is 7.11. The van der Waals surface area contributed by atoms with Crippen LogP contribution in [-0.4, -0.2) is 35.7 Å². The van der Waals surface area contributed by atoms with Crippen molar-refractivity contribution >= 4 is 22.0 Å². The lowest BCUT2D eigenvalue weighted by Crippen LogP contribution is -2.60. The Labute approximate surface area is 132 Å². The van der Waals surface area contributed by atoms with E-state index in [9.17, 15) is 9.18 Å². The first-order valence-corrected chi connectivity index (χ1v) is 7.69. The van der Waals surface area contributed by atoms with Gasteiger partial charge in [-0.05, 0) is 39.0 Å². The van der Waals surface area contributed by atoms with Crippen molar-refractivity contribution in [1.82, 2.24) is 10.2 Å². The van der Waals surface area contributed by atoms with Gasteiger partial charge in [0.25, 0.3) is 0 Å². The Morgan fingerprint density at radius 1 is 1.48 bits per heavy atom. The molecular formula is C15H20BrFN2O2. The SMILES string of the molecule is CC(C)(C)OC(=O)N1CC(NCc2cc(Br)ccc2F)C1. The molecule has 0 unspecified atom stereocenters. The highest BCUT2D eigenvalue weighted by Gasteiger charge is 2.33. The molecule has 1 fully saturated rings. The van der Waals surface area contributed by atoms with Crippen molar-refractivity contribution in [1.29, 1.82) is 0 Å². The standard InChI is InChI=1S/C15H20BrFN2O2/c1-15(2,3)21-14(20)19-8-12(9-19)18-7-10-6-11(16)4-5-13(10)17/h4-6,12,18H,7-9H2,1-3H3. The number of rotatable bonds is 3. The second kappa shape index (κ2) is 6.32. The minimum Gasteiger partial charge on any atom is -0.444 e. The highest BCUT2D eigenvalue weighted by molar-refractivity contribution is 9.10. The average molecular weight is 359 g/mol.